The summed E-state index contributed by atoms with van der Waals surface area (Å²) in [6, 6.07) is 15.9. The van der Waals surface area contributed by atoms with Crippen molar-refractivity contribution < 1.29 is 32.2 Å². The SMILES string of the molecule is C=C(C)C(=O)Oc1ccc(-c2ccc(-c3ccc(OC(=O)C(=C)C)cc3)c(C(F)(F)F)c2)cc1. The second-order valence-corrected chi connectivity index (χ2v) is 7.65. The van der Waals surface area contributed by atoms with Crippen LogP contribution in [0.5, 0.6) is 11.5 Å². The van der Waals surface area contributed by atoms with Crippen LogP contribution in [0.15, 0.2) is 91.0 Å². The summed E-state index contributed by atoms with van der Waals surface area (Å²) in [7, 11) is 0. The number of carbonyl (C=O) groups excluding carboxylic acids is 2. The van der Waals surface area contributed by atoms with Crippen LogP contribution >= 0.6 is 0 Å². The third-order valence-corrected chi connectivity index (χ3v) is 4.80. The van der Waals surface area contributed by atoms with Gasteiger partial charge in [0.1, 0.15) is 11.5 Å². The van der Waals surface area contributed by atoms with Gasteiger partial charge in [0.2, 0.25) is 0 Å². The highest BCUT2D eigenvalue weighted by molar-refractivity contribution is 5.89. The maximum atomic E-state index is 13.9. The Kier molecular flexibility index (Phi) is 7.05. The lowest BCUT2D eigenvalue weighted by atomic mass is 9.94. The van der Waals surface area contributed by atoms with Gasteiger partial charge in [-0.2, -0.15) is 13.2 Å². The number of hydrogen-bond donors (Lipinski definition) is 0. The van der Waals surface area contributed by atoms with E-state index >= 15 is 0 Å². The van der Waals surface area contributed by atoms with Crippen LogP contribution in [0, 0.1) is 0 Å². The Hall–Kier alpha value is -4.13. The first-order valence-corrected chi connectivity index (χ1v) is 10.1. The predicted octanol–water partition coefficient (Wildman–Crippen LogP) is 7.00. The highest BCUT2D eigenvalue weighted by atomic mass is 19.4. The lowest BCUT2D eigenvalue weighted by Gasteiger charge is -2.16. The molecule has 0 aromatic heterocycles. The Bertz CT molecular complexity index is 1250. The first kappa shape index (κ1) is 24.5. The summed E-state index contributed by atoms with van der Waals surface area (Å²) in [5.74, 6) is -0.739. The number of esters is 2. The number of halogens is 3. The van der Waals surface area contributed by atoms with Gasteiger partial charge >= 0.3 is 18.1 Å². The van der Waals surface area contributed by atoms with Gasteiger partial charge in [-0.05, 0) is 66.4 Å². The minimum absolute atomic E-state index is 0.0129. The van der Waals surface area contributed by atoms with E-state index in [0.29, 0.717) is 16.7 Å². The molecule has 0 amide bonds. The lowest BCUT2D eigenvalue weighted by Crippen LogP contribution is -2.09. The first-order chi connectivity index (χ1) is 16.0. The molecule has 0 spiro atoms. The van der Waals surface area contributed by atoms with Gasteiger partial charge < -0.3 is 9.47 Å². The van der Waals surface area contributed by atoms with Crippen LogP contribution in [0.25, 0.3) is 22.3 Å². The molecule has 0 aliphatic heterocycles. The van der Waals surface area contributed by atoms with Gasteiger partial charge in [0.05, 0.1) is 5.56 Å². The Labute approximate surface area is 194 Å². The molecule has 3 aromatic carbocycles. The number of ether oxygens (including phenoxy) is 2. The summed E-state index contributed by atoms with van der Waals surface area (Å²) >= 11 is 0. The normalized spacial score (nSPS) is 11.0. The molecule has 174 valence electrons. The third kappa shape index (κ3) is 5.81. The van der Waals surface area contributed by atoms with Crippen molar-refractivity contribution >= 4 is 11.9 Å². The summed E-state index contributed by atoms with van der Waals surface area (Å²) in [6.07, 6.45) is -4.60. The lowest BCUT2D eigenvalue weighted by molar-refractivity contribution is -0.137. The van der Waals surface area contributed by atoms with E-state index in [4.69, 9.17) is 9.47 Å². The predicted molar refractivity (Wildman–Crippen MR) is 123 cm³/mol. The van der Waals surface area contributed by atoms with Gasteiger partial charge in [0.15, 0.2) is 0 Å². The number of benzene rings is 3. The Balaban J connectivity index is 1.92. The molecular weight excluding hydrogens is 445 g/mol. The van der Waals surface area contributed by atoms with Gasteiger partial charge in [0, 0.05) is 11.1 Å². The van der Waals surface area contributed by atoms with Crippen molar-refractivity contribution in [3.05, 3.63) is 96.6 Å². The summed E-state index contributed by atoms with van der Waals surface area (Å²) in [5.41, 5.74) is 0.805. The summed E-state index contributed by atoms with van der Waals surface area (Å²) < 4.78 is 51.9. The van der Waals surface area contributed by atoms with E-state index in [1.165, 1.54) is 56.3 Å². The summed E-state index contributed by atoms with van der Waals surface area (Å²) in [4.78, 5) is 23.3. The van der Waals surface area contributed by atoms with Crippen molar-refractivity contribution in [1.82, 2.24) is 0 Å². The molecule has 0 unspecified atom stereocenters. The van der Waals surface area contributed by atoms with Gasteiger partial charge in [0.25, 0.3) is 0 Å². The van der Waals surface area contributed by atoms with Crippen molar-refractivity contribution in [1.29, 1.82) is 0 Å². The maximum Gasteiger partial charge on any atom is 0.417 e. The van der Waals surface area contributed by atoms with E-state index in [1.54, 1.807) is 18.2 Å². The van der Waals surface area contributed by atoms with Crippen LogP contribution in [-0.2, 0) is 15.8 Å². The van der Waals surface area contributed by atoms with E-state index in [-0.39, 0.29) is 28.2 Å². The van der Waals surface area contributed by atoms with E-state index in [9.17, 15) is 22.8 Å². The Morgan fingerprint density at radius 1 is 0.676 bits per heavy atom. The molecule has 0 bridgehead atoms. The fourth-order valence-electron chi connectivity index (χ4n) is 3.02. The van der Waals surface area contributed by atoms with Crippen LogP contribution in [-0.4, -0.2) is 11.9 Å². The largest absolute Gasteiger partial charge is 0.423 e. The minimum Gasteiger partial charge on any atom is -0.423 e. The molecule has 0 aliphatic rings. The molecule has 0 saturated carbocycles. The van der Waals surface area contributed by atoms with E-state index in [2.05, 4.69) is 13.2 Å². The molecule has 34 heavy (non-hydrogen) atoms. The molecule has 0 atom stereocenters. The minimum atomic E-state index is -4.60. The molecule has 0 heterocycles. The van der Waals surface area contributed by atoms with Gasteiger partial charge in [-0.25, -0.2) is 9.59 Å². The molecule has 0 radical (unpaired) electrons. The van der Waals surface area contributed by atoms with Crippen molar-refractivity contribution in [2.45, 2.75) is 20.0 Å². The summed E-state index contributed by atoms with van der Waals surface area (Å²) in [5, 5.41) is 0. The average Bonchev–Trinajstić information content (AvgIpc) is 2.79. The van der Waals surface area contributed by atoms with Gasteiger partial charge in [-0.15, -0.1) is 0 Å². The molecule has 0 fully saturated rings. The van der Waals surface area contributed by atoms with Gasteiger partial charge in [-0.1, -0.05) is 49.6 Å². The number of alkyl halides is 3. The van der Waals surface area contributed by atoms with Crippen LogP contribution in [0.2, 0.25) is 0 Å². The zero-order valence-electron chi connectivity index (χ0n) is 18.5. The highest BCUT2D eigenvalue weighted by Crippen LogP contribution is 2.40. The summed E-state index contributed by atoms with van der Waals surface area (Å²) in [6.45, 7) is 10.00. The zero-order valence-corrected chi connectivity index (χ0v) is 18.5. The van der Waals surface area contributed by atoms with Crippen LogP contribution in [0.3, 0.4) is 0 Å². The first-order valence-electron chi connectivity index (χ1n) is 10.1. The van der Waals surface area contributed by atoms with Crippen LogP contribution < -0.4 is 9.47 Å². The number of rotatable bonds is 6. The maximum absolute atomic E-state index is 13.9. The van der Waals surface area contributed by atoms with Crippen molar-refractivity contribution in [2.75, 3.05) is 0 Å². The van der Waals surface area contributed by atoms with Gasteiger partial charge in [-0.3, -0.25) is 0 Å². The molecule has 0 saturated heterocycles. The number of carbonyl (C=O) groups is 2. The second kappa shape index (κ2) is 9.79. The molecule has 3 aromatic rings. The fraction of sp³-hybridized carbons (Fsp3) is 0.111. The van der Waals surface area contributed by atoms with Crippen molar-refractivity contribution in [3.8, 4) is 33.8 Å². The molecule has 0 N–H and O–H groups in total. The fourth-order valence-corrected chi connectivity index (χ4v) is 3.02. The second-order valence-electron chi connectivity index (χ2n) is 7.65. The van der Waals surface area contributed by atoms with E-state index in [1.807, 2.05) is 0 Å². The van der Waals surface area contributed by atoms with Crippen LogP contribution in [0.1, 0.15) is 19.4 Å². The highest BCUT2D eigenvalue weighted by Gasteiger charge is 2.34. The Morgan fingerprint density at radius 3 is 1.50 bits per heavy atom. The average molecular weight is 466 g/mol. The molecule has 4 nitrogen and oxygen atoms in total. The molecule has 0 aliphatic carbocycles. The monoisotopic (exact) mass is 466 g/mol. The molecular formula is C27H21F3O4. The van der Waals surface area contributed by atoms with Crippen LogP contribution in [0.4, 0.5) is 13.2 Å². The van der Waals surface area contributed by atoms with E-state index < -0.39 is 23.7 Å². The van der Waals surface area contributed by atoms with E-state index in [0.717, 1.165) is 6.07 Å². The number of hydrogen-bond acceptors (Lipinski definition) is 4. The zero-order chi connectivity index (χ0) is 25.0. The standard InChI is InChI=1S/C27H21F3O4/c1-16(2)25(31)33-21-10-5-18(6-11-21)20-9-14-23(24(15-20)27(28,29)30)19-7-12-22(13-8-19)34-26(32)17(3)4/h5-15H,1,3H2,2,4H3. The molecule has 7 heteroatoms. The third-order valence-electron chi connectivity index (χ3n) is 4.80. The molecule has 3 rings (SSSR count). The smallest absolute Gasteiger partial charge is 0.417 e. The Morgan fingerprint density at radius 2 is 1.09 bits per heavy atom. The van der Waals surface area contributed by atoms with Crippen molar-refractivity contribution in [3.63, 3.8) is 0 Å². The topological polar surface area (TPSA) is 52.6 Å². The quantitative estimate of drug-likeness (QED) is 0.223. The van der Waals surface area contributed by atoms with Crippen molar-refractivity contribution in [2.24, 2.45) is 0 Å².